The van der Waals surface area contributed by atoms with E-state index in [4.69, 9.17) is 11.6 Å². The van der Waals surface area contributed by atoms with Crippen molar-refractivity contribution in [3.63, 3.8) is 0 Å². The van der Waals surface area contributed by atoms with E-state index in [1.165, 1.54) is 18.2 Å². The Morgan fingerprint density at radius 1 is 1.31 bits per heavy atom. The SMILES string of the molecule is FC(F)(F)C1(c2ccc(CBr)c(Cl)c2)N=N1. The van der Waals surface area contributed by atoms with E-state index in [-0.39, 0.29) is 10.6 Å². The van der Waals surface area contributed by atoms with Gasteiger partial charge in [0.15, 0.2) is 0 Å². The third-order valence-electron chi connectivity index (χ3n) is 2.29. The maximum Gasteiger partial charge on any atom is 0.442 e. The molecule has 7 heteroatoms. The predicted octanol–water partition coefficient (Wildman–Crippen LogP) is 4.42. The van der Waals surface area contributed by atoms with E-state index in [0.717, 1.165) is 5.56 Å². The lowest BCUT2D eigenvalue weighted by Crippen LogP contribution is -2.30. The van der Waals surface area contributed by atoms with Crippen LogP contribution in [0.5, 0.6) is 0 Å². The summed E-state index contributed by atoms with van der Waals surface area (Å²) in [5, 5.41) is 6.96. The van der Waals surface area contributed by atoms with Gasteiger partial charge in [0.05, 0.1) is 0 Å². The van der Waals surface area contributed by atoms with Gasteiger partial charge in [-0.2, -0.15) is 13.2 Å². The second-order valence-corrected chi connectivity index (χ2v) is 4.28. The van der Waals surface area contributed by atoms with Crippen LogP contribution >= 0.6 is 27.5 Å². The van der Waals surface area contributed by atoms with Crippen LogP contribution in [-0.4, -0.2) is 6.18 Å². The van der Waals surface area contributed by atoms with Crippen molar-refractivity contribution in [1.82, 2.24) is 0 Å². The van der Waals surface area contributed by atoms with Gasteiger partial charge >= 0.3 is 11.8 Å². The third kappa shape index (κ3) is 1.73. The zero-order valence-electron chi connectivity index (χ0n) is 7.72. The number of hydrogen-bond acceptors (Lipinski definition) is 2. The van der Waals surface area contributed by atoms with Crippen LogP contribution in [-0.2, 0) is 11.0 Å². The topological polar surface area (TPSA) is 24.7 Å². The molecule has 16 heavy (non-hydrogen) atoms. The zero-order chi connectivity index (χ0) is 12.0. The first-order valence-electron chi connectivity index (χ1n) is 4.26. The Morgan fingerprint density at radius 2 is 1.94 bits per heavy atom. The Balaban J connectivity index is 2.40. The van der Waals surface area contributed by atoms with E-state index in [0.29, 0.717) is 5.33 Å². The lowest BCUT2D eigenvalue weighted by molar-refractivity contribution is -0.166. The van der Waals surface area contributed by atoms with Crippen molar-refractivity contribution in [2.45, 2.75) is 17.2 Å². The summed E-state index contributed by atoms with van der Waals surface area (Å²) in [6, 6.07) is 4.13. The largest absolute Gasteiger partial charge is 0.442 e. The molecule has 0 spiro atoms. The minimum Gasteiger partial charge on any atom is -0.166 e. The Hall–Kier alpha value is -0.620. The smallest absolute Gasteiger partial charge is 0.166 e. The Kier molecular flexibility index (Phi) is 2.74. The number of alkyl halides is 4. The van der Waals surface area contributed by atoms with Gasteiger partial charge < -0.3 is 0 Å². The highest BCUT2D eigenvalue weighted by molar-refractivity contribution is 9.08. The normalized spacial score (nSPS) is 17.6. The first kappa shape index (κ1) is 11.9. The van der Waals surface area contributed by atoms with E-state index in [1.54, 1.807) is 0 Å². The molecule has 1 aromatic rings. The first-order valence-corrected chi connectivity index (χ1v) is 5.76. The summed E-state index contributed by atoms with van der Waals surface area (Å²) < 4.78 is 38.0. The highest BCUT2D eigenvalue weighted by atomic mass is 79.9. The second kappa shape index (κ2) is 3.70. The van der Waals surface area contributed by atoms with E-state index in [1.807, 2.05) is 0 Å². The van der Waals surface area contributed by atoms with Gasteiger partial charge in [-0.05, 0) is 11.6 Å². The van der Waals surface area contributed by atoms with E-state index in [9.17, 15) is 13.2 Å². The summed E-state index contributed by atoms with van der Waals surface area (Å²) in [6.07, 6.45) is -4.51. The van der Waals surface area contributed by atoms with E-state index >= 15 is 0 Å². The molecule has 0 aliphatic carbocycles. The molecule has 0 saturated heterocycles. The molecule has 0 N–H and O–H groups in total. The lowest BCUT2D eigenvalue weighted by atomic mass is 10.0. The fraction of sp³-hybridized carbons (Fsp3) is 0.333. The molecule has 0 fully saturated rings. The van der Waals surface area contributed by atoms with Crippen LogP contribution < -0.4 is 0 Å². The minimum absolute atomic E-state index is 0.0466. The highest BCUT2D eigenvalue weighted by Crippen LogP contribution is 2.52. The van der Waals surface area contributed by atoms with Crippen molar-refractivity contribution >= 4 is 27.5 Å². The maximum atomic E-state index is 12.7. The summed E-state index contributed by atoms with van der Waals surface area (Å²) in [4.78, 5) is 0. The molecule has 1 heterocycles. The molecule has 1 aliphatic heterocycles. The van der Waals surface area contributed by atoms with Crippen LogP contribution in [0.1, 0.15) is 11.1 Å². The number of halogens is 5. The first-order chi connectivity index (χ1) is 7.40. The van der Waals surface area contributed by atoms with Crippen molar-refractivity contribution in [2.75, 3.05) is 0 Å². The van der Waals surface area contributed by atoms with Crippen LogP contribution in [0.2, 0.25) is 5.02 Å². The second-order valence-electron chi connectivity index (χ2n) is 3.31. The summed E-state index contributed by atoms with van der Waals surface area (Å²) in [7, 11) is 0. The molecule has 0 amide bonds. The van der Waals surface area contributed by atoms with Crippen LogP contribution in [0.4, 0.5) is 13.2 Å². The quantitative estimate of drug-likeness (QED) is 0.722. The van der Waals surface area contributed by atoms with Gasteiger partial charge in [-0.25, -0.2) is 0 Å². The third-order valence-corrected chi connectivity index (χ3v) is 3.25. The number of rotatable bonds is 2. The maximum absolute atomic E-state index is 12.7. The van der Waals surface area contributed by atoms with Crippen LogP contribution in [0.3, 0.4) is 0 Å². The number of hydrogen-bond donors (Lipinski definition) is 0. The molecule has 1 aromatic carbocycles. The predicted molar refractivity (Wildman–Crippen MR) is 56.7 cm³/mol. The van der Waals surface area contributed by atoms with Crippen molar-refractivity contribution in [1.29, 1.82) is 0 Å². The molecular weight excluding hydrogens is 308 g/mol. The molecule has 86 valence electrons. The molecule has 2 rings (SSSR count). The number of nitrogens with zero attached hydrogens (tertiary/aromatic N) is 2. The standard InChI is InChI=1S/C9H5BrClF3N2/c10-4-5-1-2-6(3-7(5)11)8(15-16-8)9(12,13)14/h1-3H,4H2. The van der Waals surface area contributed by atoms with E-state index in [2.05, 4.69) is 26.2 Å². The van der Waals surface area contributed by atoms with E-state index < -0.39 is 11.8 Å². The fourth-order valence-electron chi connectivity index (χ4n) is 1.32. The summed E-state index contributed by atoms with van der Waals surface area (Å²) in [6.45, 7) is 0. The van der Waals surface area contributed by atoms with Crippen molar-refractivity contribution in [3.8, 4) is 0 Å². The summed E-state index contributed by atoms with van der Waals surface area (Å²) in [5.41, 5.74) is -1.71. The van der Waals surface area contributed by atoms with Crippen molar-refractivity contribution < 1.29 is 13.2 Å². The molecule has 0 aromatic heterocycles. The van der Waals surface area contributed by atoms with Crippen LogP contribution in [0, 0.1) is 0 Å². The average molecular weight is 314 g/mol. The Morgan fingerprint density at radius 3 is 2.31 bits per heavy atom. The molecule has 2 nitrogen and oxygen atoms in total. The fourth-order valence-corrected chi connectivity index (χ4v) is 2.21. The average Bonchev–Trinajstić information content (AvgIpc) is 2.97. The summed E-state index contributed by atoms with van der Waals surface area (Å²) in [5.74, 6) is 0. The molecular formula is C9H5BrClF3N2. The molecule has 0 radical (unpaired) electrons. The molecule has 0 bridgehead atoms. The van der Waals surface area contributed by atoms with Gasteiger partial charge in [-0.15, -0.1) is 10.2 Å². The Labute approximate surface area is 103 Å². The minimum atomic E-state index is -4.51. The molecule has 1 aliphatic rings. The summed E-state index contributed by atoms with van der Waals surface area (Å²) >= 11 is 9.02. The lowest BCUT2D eigenvalue weighted by Gasteiger charge is -2.15. The van der Waals surface area contributed by atoms with Gasteiger partial charge in [0.1, 0.15) is 0 Å². The number of benzene rings is 1. The van der Waals surface area contributed by atoms with Crippen molar-refractivity contribution in [2.24, 2.45) is 10.2 Å². The molecule has 0 saturated carbocycles. The van der Waals surface area contributed by atoms with Crippen molar-refractivity contribution in [3.05, 3.63) is 34.3 Å². The van der Waals surface area contributed by atoms with Gasteiger partial charge in [-0.3, -0.25) is 0 Å². The van der Waals surface area contributed by atoms with Gasteiger partial charge in [0.2, 0.25) is 0 Å². The highest BCUT2D eigenvalue weighted by Gasteiger charge is 2.65. The zero-order valence-corrected chi connectivity index (χ0v) is 10.1. The van der Waals surface area contributed by atoms with Crippen LogP contribution in [0.15, 0.2) is 28.4 Å². The Bertz CT molecular complexity index is 453. The molecule has 0 unspecified atom stereocenters. The van der Waals surface area contributed by atoms with Gasteiger partial charge in [-0.1, -0.05) is 39.7 Å². The van der Waals surface area contributed by atoms with Crippen LogP contribution in [0.25, 0.3) is 0 Å². The monoisotopic (exact) mass is 312 g/mol. The van der Waals surface area contributed by atoms with Gasteiger partial charge in [0.25, 0.3) is 0 Å². The molecule has 0 atom stereocenters. The van der Waals surface area contributed by atoms with Gasteiger partial charge in [0, 0.05) is 15.9 Å².